The first-order chi connectivity index (χ1) is 11.6. The van der Waals surface area contributed by atoms with Crippen molar-refractivity contribution in [3.63, 3.8) is 0 Å². The molecule has 0 aromatic heterocycles. The molecule has 0 bridgehead atoms. The Labute approximate surface area is 156 Å². The molecule has 2 heterocycles. The average molecular weight is 389 g/mol. The van der Waals surface area contributed by atoms with Gasteiger partial charge in [0.25, 0.3) is 0 Å². The number of amides is 3. The number of nitrogens with zero attached hydrogens (tertiary/aromatic N) is 1. The van der Waals surface area contributed by atoms with Gasteiger partial charge in [0.05, 0.1) is 6.04 Å². The highest BCUT2D eigenvalue weighted by Crippen LogP contribution is 2.16. The summed E-state index contributed by atoms with van der Waals surface area (Å²) in [4.78, 5) is 26.2. The van der Waals surface area contributed by atoms with Gasteiger partial charge in [-0.15, -0.1) is 24.2 Å². The molecule has 6 nitrogen and oxygen atoms in total. The van der Waals surface area contributed by atoms with Crippen LogP contribution in [0, 0.1) is 5.82 Å². The SMILES string of the molecule is Cl.O=C(Nc1ccc(F)cc1)NC1CCN(C(=O)C2CSCN2)CC1. The van der Waals surface area contributed by atoms with Crippen LogP contribution < -0.4 is 16.0 Å². The van der Waals surface area contributed by atoms with E-state index >= 15 is 0 Å². The molecule has 3 N–H and O–H groups in total. The van der Waals surface area contributed by atoms with Crippen molar-refractivity contribution in [1.82, 2.24) is 15.5 Å². The van der Waals surface area contributed by atoms with Crippen LogP contribution in [0.15, 0.2) is 24.3 Å². The number of anilines is 1. The van der Waals surface area contributed by atoms with Crippen molar-refractivity contribution in [2.75, 3.05) is 30.0 Å². The highest BCUT2D eigenvalue weighted by molar-refractivity contribution is 7.99. The zero-order valence-electron chi connectivity index (χ0n) is 13.7. The molecule has 0 spiro atoms. The van der Waals surface area contributed by atoms with Gasteiger partial charge in [-0.2, -0.15) is 0 Å². The average Bonchev–Trinajstić information content (AvgIpc) is 3.11. The summed E-state index contributed by atoms with van der Waals surface area (Å²) < 4.78 is 12.8. The van der Waals surface area contributed by atoms with Gasteiger partial charge in [-0.05, 0) is 37.1 Å². The van der Waals surface area contributed by atoms with Crippen LogP contribution >= 0.6 is 24.2 Å². The fourth-order valence-electron chi connectivity index (χ4n) is 2.90. The van der Waals surface area contributed by atoms with Crippen LogP contribution in [0.1, 0.15) is 12.8 Å². The van der Waals surface area contributed by atoms with Crippen molar-refractivity contribution in [1.29, 1.82) is 0 Å². The quantitative estimate of drug-likeness (QED) is 0.740. The first-order valence-corrected chi connectivity index (χ1v) is 9.20. The first-order valence-electron chi connectivity index (χ1n) is 8.05. The molecule has 2 fully saturated rings. The number of thioether (sulfide) groups is 1. The topological polar surface area (TPSA) is 73.5 Å². The number of urea groups is 1. The van der Waals surface area contributed by atoms with Gasteiger partial charge in [0.15, 0.2) is 0 Å². The predicted octanol–water partition coefficient (Wildman–Crippen LogP) is 2.02. The minimum atomic E-state index is -0.340. The largest absolute Gasteiger partial charge is 0.341 e. The summed E-state index contributed by atoms with van der Waals surface area (Å²) in [5.41, 5.74) is 0.548. The first kappa shape index (κ1) is 19.8. The van der Waals surface area contributed by atoms with Crippen molar-refractivity contribution in [3.05, 3.63) is 30.1 Å². The van der Waals surface area contributed by atoms with Crippen LogP contribution in [-0.2, 0) is 4.79 Å². The molecule has 9 heteroatoms. The predicted molar refractivity (Wildman–Crippen MR) is 99.7 cm³/mol. The Bertz CT molecular complexity index is 590. The van der Waals surface area contributed by atoms with Crippen LogP contribution in [0.5, 0.6) is 0 Å². The van der Waals surface area contributed by atoms with Gasteiger partial charge < -0.3 is 15.5 Å². The molecule has 25 heavy (non-hydrogen) atoms. The second-order valence-electron chi connectivity index (χ2n) is 5.98. The highest BCUT2D eigenvalue weighted by atomic mass is 35.5. The Kier molecular flexibility index (Phi) is 7.34. The van der Waals surface area contributed by atoms with Gasteiger partial charge in [-0.3, -0.25) is 10.1 Å². The molecule has 1 aromatic rings. The van der Waals surface area contributed by atoms with E-state index in [9.17, 15) is 14.0 Å². The Morgan fingerprint density at radius 1 is 1.20 bits per heavy atom. The van der Waals surface area contributed by atoms with E-state index in [-0.39, 0.29) is 42.2 Å². The normalized spacial score (nSPS) is 20.7. The second-order valence-corrected chi connectivity index (χ2v) is 7.01. The molecule has 2 saturated heterocycles. The van der Waals surface area contributed by atoms with Gasteiger partial charge >= 0.3 is 6.03 Å². The lowest BCUT2D eigenvalue weighted by atomic mass is 10.0. The van der Waals surface area contributed by atoms with E-state index in [0.717, 1.165) is 24.5 Å². The highest BCUT2D eigenvalue weighted by Gasteiger charge is 2.30. The number of carbonyl (C=O) groups excluding carboxylic acids is 2. The number of nitrogens with one attached hydrogen (secondary N) is 3. The van der Waals surface area contributed by atoms with Gasteiger partial charge in [-0.25, -0.2) is 9.18 Å². The summed E-state index contributed by atoms with van der Waals surface area (Å²) >= 11 is 1.74. The monoisotopic (exact) mass is 388 g/mol. The van der Waals surface area contributed by atoms with Gasteiger partial charge in [0.1, 0.15) is 5.82 Å². The van der Waals surface area contributed by atoms with E-state index in [1.54, 1.807) is 11.8 Å². The Balaban J connectivity index is 0.00000225. The maximum Gasteiger partial charge on any atom is 0.319 e. The molecule has 1 unspecified atom stereocenters. The van der Waals surface area contributed by atoms with Crippen molar-refractivity contribution < 1.29 is 14.0 Å². The van der Waals surface area contributed by atoms with Gasteiger partial charge in [0, 0.05) is 36.4 Å². The number of hydrogen-bond acceptors (Lipinski definition) is 4. The molecule has 1 atom stereocenters. The lowest BCUT2D eigenvalue weighted by molar-refractivity contribution is -0.133. The smallest absolute Gasteiger partial charge is 0.319 e. The molecule has 138 valence electrons. The number of likely N-dealkylation sites (tertiary alicyclic amines) is 1. The van der Waals surface area contributed by atoms with E-state index in [0.29, 0.717) is 18.8 Å². The Morgan fingerprint density at radius 3 is 2.48 bits per heavy atom. The summed E-state index contributed by atoms with van der Waals surface area (Å²) in [5.74, 6) is 1.48. The Hall–Kier alpha value is -1.51. The van der Waals surface area contributed by atoms with Crippen molar-refractivity contribution in [2.24, 2.45) is 0 Å². The minimum absolute atomic E-state index is 0. The summed E-state index contributed by atoms with van der Waals surface area (Å²) in [6, 6.07) is 5.30. The van der Waals surface area contributed by atoms with Crippen LogP contribution in [-0.4, -0.2) is 53.6 Å². The maximum absolute atomic E-state index is 12.8. The number of carbonyl (C=O) groups is 2. The van der Waals surface area contributed by atoms with E-state index < -0.39 is 0 Å². The van der Waals surface area contributed by atoms with Crippen molar-refractivity contribution in [2.45, 2.75) is 24.9 Å². The van der Waals surface area contributed by atoms with Crippen LogP contribution in [0.2, 0.25) is 0 Å². The van der Waals surface area contributed by atoms with Gasteiger partial charge in [-0.1, -0.05) is 0 Å². The number of piperidine rings is 1. The zero-order chi connectivity index (χ0) is 16.9. The van der Waals surface area contributed by atoms with E-state index in [1.807, 2.05) is 4.90 Å². The molecule has 3 amide bonds. The third-order valence-corrected chi connectivity index (χ3v) is 5.20. The molecule has 3 rings (SSSR count). The number of hydrogen-bond donors (Lipinski definition) is 3. The van der Waals surface area contributed by atoms with E-state index in [2.05, 4.69) is 16.0 Å². The van der Waals surface area contributed by atoms with Crippen molar-refractivity contribution >= 4 is 41.8 Å². The van der Waals surface area contributed by atoms with Crippen LogP contribution in [0.3, 0.4) is 0 Å². The molecule has 0 aliphatic carbocycles. The third kappa shape index (κ3) is 5.49. The summed E-state index contributed by atoms with van der Waals surface area (Å²) in [6.45, 7) is 1.31. The fourth-order valence-corrected chi connectivity index (χ4v) is 3.84. The number of rotatable bonds is 3. The zero-order valence-corrected chi connectivity index (χ0v) is 15.3. The van der Waals surface area contributed by atoms with E-state index in [1.165, 1.54) is 24.3 Å². The number of halogens is 2. The number of benzene rings is 1. The molecule has 1 aromatic carbocycles. The minimum Gasteiger partial charge on any atom is -0.341 e. The summed E-state index contributed by atoms with van der Waals surface area (Å²) in [6.07, 6.45) is 1.48. The summed E-state index contributed by atoms with van der Waals surface area (Å²) in [7, 11) is 0. The lowest BCUT2D eigenvalue weighted by Gasteiger charge is -2.33. The molecule has 2 aliphatic rings. The fraction of sp³-hybridized carbons (Fsp3) is 0.500. The lowest BCUT2D eigenvalue weighted by Crippen LogP contribution is -2.51. The molecule has 0 saturated carbocycles. The molecular formula is C16H22ClFN4O2S. The second kappa shape index (κ2) is 9.26. The third-order valence-electron chi connectivity index (χ3n) is 4.26. The van der Waals surface area contributed by atoms with Crippen molar-refractivity contribution in [3.8, 4) is 0 Å². The Morgan fingerprint density at radius 2 is 1.88 bits per heavy atom. The van der Waals surface area contributed by atoms with Crippen LogP contribution in [0.25, 0.3) is 0 Å². The summed E-state index contributed by atoms with van der Waals surface area (Å²) in [5, 5.41) is 8.79. The van der Waals surface area contributed by atoms with Crippen LogP contribution in [0.4, 0.5) is 14.9 Å². The van der Waals surface area contributed by atoms with E-state index in [4.69, 9.17) is 0 Å². The maximum atomic E-state index is 12.8. The van der Waals surface area contributed by atoms with Gasteiger partial charge in [0.2, 0.25) is 5.91 Å². The molecular weight excluding hydrogens is 367 g/mol. The molecule has 0 radical (unpaired) electrons. The standard InChI is InChI=1S/C16H21FN4O2S.ClH/c17-11-1-3-12(4-2-11)19-16(23)20-13-5-7-21(8-6-13)15(22)14-9-24-10-18-14;/h1-4,13-14,18H,5-10H2,(H2,19,20,23);1H. The molecule has 2 aliphatic heterocycles.